The first kappa shape index (κ1) is 25.7. The fourth-order valence-corrected chi connectivity index (χ4v) is 5.65. The van der Waals surface area contributed by atoms with E-state index in [1.807, 2.05) is 6.08 Å². The number of ketones is 1. The number of piperidine rings is 1. The Labute approximate surface area is 201 Å². The maximum Gasteiger partial charge on any atom is 0.411 e. The van der Waals surface area contributed by atoms with Crippen LogP contribution in [0.1, 0.15) is 52.9 Å². The molecule has 1 aliphatic carbocycles. The van der Waals surface area contributed by atoms with Crippen molar-refractivity contribution >= 4 is 23.8 Å². The zero-order valence-electron chi connectivity index (χ0n) is 20.7. The van der Waals surface area contributed by atoms with E-state index in [0.717, 1.165) is 19.3 Å². The summed E-state index contributed by atoms with van der Waals surface area (Å²) in [5.41, 5.74) is -1.84. The number of unbranched alkanes of at least 4 members (excludes halogenated alkanes) is 2. The lowest BCUT2D eigenvalue weighted by Gasteiger charge is -2.50. The van der Waals surface area contributed by atoms with Crippen LogP contribution in [0.15, 0.2) is 37.0 Å². The smallest absolute Gasteiger partial charge is 0.411 e. The summed E-state index contributed by atoms with van der Waals surface area (Å²) in [4.78, 5) is 56.6. The lowest BCUT2D eigenvalue weighted by Crippen LogP contribution is -2.64. The van der Waals surface area contributed by atoms with Gasteiger partial charge in [-0.15, -0.1) is 13.2 Å². The van der Waals surface area contributed by atoms with Gasteiger partial charge in [-0.2, -0.15) is 0 Å². The lowest BCUT2D eigenvalue weighted by molar-refractivity contribution is -0.157. The van der Waals surface area contributed by atoms with Crippen LogP contribution in [-0.2, 0) is 23.9 Å². The van der Waals surface area contributed by atoms with E-state index in [2.05, 4.69) is 13.2 Å². The van der Waals surface area contributed by atoms with Gasteiger partial charge in [-0.05, 0) is 59.0 Å². The molecule has 0 aromatic carbocycles. The van der Waals surface area contributed by atoms with E-state index in [4.69, 9.17) is 9.47 Å². The molecule has 34 heavy (non-hydrogen) atoms. The molecular weight excluding hydrogens is 436 g/mol. The summed E-state index contributed by atoms with van der Waals surface area (Å²) >= 11 is 0. The number of hydrogen-bond acceptors (Lipinski definition) is 6. The highest BCUT2D eigenvalue weighted by Gasteiger charge is 2.68. The molecule has 8 nitrogen and oxygen atoms in total. The van der Waals surface area contributed by atoms with E-state index in [1.54, 1.807) is 31.7 Å². The van der Waals surface area contributed by atoms with Crippen LogP contribution >= 0.6 is 0 Å². The van der Waals surface area contributed by atoms with Crippen molar-refractivity contribution < 1.29 is 28.7 Å². The van der Waals surface area contributed by atoms with Crippen LogP contribution in [0.25, 0.3) is 0 Å². The van der Waals surface area contributed by atoms with E-state index >= 15 is 0 Å². The van der Waals surface area contributed by atoms with E-state index < -0.39 is 46.9 Å². The molecule has 0 aromatic heterocycles. The van der Waals surface area contributed by atoms with Gasteiger partial charge >= 0.3 is 12.1 Å². The van der Waals surface area contributed by atoms with Gasteiger partial charge in [-0.25, -0.2) is 9.59 Å². The van der Waals surface area contributed by atoms with Crippen LogP contribution in [-0.4, -0.2) is 71.4 Å². The number of rotatable bonds is 7. The highest BCUT2D eigenvalue weighted by Crippen LogP contribution is 2.56. The topological polar surface area (TPSA) is 93.2 Å². The summed E-state index contributed by atoms with van der Waals surface area (Å²) in [6.07, 6.45) is 7.28. The van der Waals surface area contributed by atoms with Crippen LogP contribution in [0, 0.1) is 11.3 Å². The van der Waals surface area contributed by atoms with Gasteiger partial charge in [0.1, 0.15) is 11.6 Å². The molecule has 2 fully saturated rings. The molecule has 0 saturated carbocycles. The van der Waals surface area contributed by atoms with Gasteiger partial charge in [0.2, 0.25) is 5.91 Å². The minimum Gasteiger partial charge on any atom is -0.466 e. The number of ether oxygens (including phenoxy) is 2. The third-order valence-electron chi connectivity index (χ3n) is 6.99. The normalized spacial score (nSPS) is 28.6. The van der Waals surface area contributed by atoms with Crippen molar-refractivity contribution in [2.45, 2.75) is 70.6 Å². The number of hydrogen-bond donors (Lipinski definition) is 0. The zero-order chi connectivity index (χ0) is 25.3. The summed E-state index contributed by atoms with van der Waals surface area (Å²) in [6.45, 7) is 13.9. The molecule has 2 heterocycles. The Morgan fingerprint density at radius 3 is 2.53 bits per heavy atom. The van der Waals surface area contributed by atoms with Crippen molar-refractivity contribution in [3.05, 3.63) is 37.0 Å². The average molecular weight is 473 g/mol. The molecule has 4 atom stereocenters. The quantitative estimate of drug-likeness (QED) is 0.320. The van der Waals surface area contributed by atoms with Gasteiger partial charge in [-0.3, -0.25) is 14.5 Å². The fraction of sp³-hybridized carbons (Fsp3) is 0.615. The molecule has 0 N–H and O–H groups in total. The first-order valence-electron chi connectivity index (χ1n) is 11.9. The molecule has 2 amide bonds. The molecular formula is C26H36N2O6. The molecule has 0 bridgehead atoms. The summed E-state index contributed by atoms with van der Waals surface area (Å²) in [6, 6.07) is -1.64. The minimum atomic E-state index is -1.26. The summed E-state index contributed by atoms with van der Waals surface area (Å²) in [7, 11) is 1.26. The van der Waals surface area contributed by atoms with Crippen molar-refractivity contribution in [3.63, 3.8) is 0 Å². The molecule has 0 radical (unpaired) electrons. The van der Waals surface area contributed by atoms with Crippen LogP contribution in [0.5, 0.6) is 0 Å². The highest BCUT2D eigenvalue weighted by atomic mass is 16.6. The first-order valence-corrected chi connectivity index (χ1v) is 11.9. The standard InChI is InChI=1S/C26H36N2O6/c1-7-9-10-11-13-27-14-12-19-18(22(30)33-6)15-20(29)21-26(19,23(27)31)16-17(8-2)28(21)24(32)34-25(3,4)5/h7-8,15,17,19,21H,1-2,9-14,16H2,3-6H3/t17-,19-,21-,26-/m0/s1. The third kappa shape index (κ3) is 4.42. The second-order valence-electron chi connectivity index (χ2n) is 10.2. The minimum absolute atomic E-state index is 0.201. The van der Waals surface area contributed by atoms with Crippen molar-refractivity contribution in [3.8, 4) is 0 Å². The molecule has 0 unspecified atom stereocenters. The van der Waals surface area contributed by atoms with Gasteiger partial charge in [0.15, 0.2) is 5.78 Å². The molecule has 186 valence electrons. The average Bonchev–Trinajstić information content (AvgIpc) is 3.13. The number of methoxy groups -OCH3 is 1. The van der Waals surface area contributed by atoms with E-state index in [1.165, 1.54) is 18.1 Å². The van der Waals surface area contributed by atoms with Gasteiger partial charge in [0.25, 0.3) is 0 Å². The number of carbonyl (C=O) groups excluding carboxylic acids is 4. The summed E-state index contributed by atoms with van der Waals surface area (Å²) in [5, 5.41) is 0. The second-order valence-corrected chi connectivity index (χ2v) is 10.2. The van der Waals surface area contributed by atoms with Crippen molar-refractivity contribution in [1.29, 1.82) is 0 Å². The van der Waals surface area contributed by atoms with Crippen LogP contribution in [0.4, 0.5) is 4.79 Å². The molecule has 3 aliphatic rings. The van der Waals surface area contributed by atoms with Crippen LogP contribution in [0.2, 0.25) is 0 Å². The number of amides is 2. The Morgan fingerprint density at radius 1 is 1.24 bits per heavy atom. The molecule has 0 aromatic rings. The van der Waals surface area contributed by atoms with Crippen LogP contribution in [0.3, 0.4) is 0 Å². The molecule has 2 saturated heterocycles. The van der Waals surface area contributed by atoms with Gasteiger partial charge in [0.05, 0.1) is 18.6 Å². The van der Waals surface area contributed by atoms with Crippen molar-refractivity contribution in [1.82, 2.24) is 9.80 Å². The van der Waals surface area contributed by atoms with Crippen molar-refractivity contribution in [2.75, 3.05) is 20.2 Å². The maximum absolute atomic E-state index is 14.1. The Kier molecular flexibility index (Phi) is 7.38. The first-order chi connectivity index (χ1) is 16.0. The lowest BCUT2D eigenvalue weighted by atomic mass is 9.58. The van der Waals surface area contributed by atoms with Crippen molar-refractivity contribution in [2.24, 2.45) is 11.3 Å². The zero-order valence-corrected chi connectivity index (χ0v) is 20.7. The SMILES string of the molecule is C=CCCCCN1CC[C@H]2C(C(=O)OC)=CC(=O)[C@@H]3N(C(=O)OC(C)(C)C)[C@@H](C=C)C[C@@]32C1=O. The van der Waals surface area contributed by atoms with Gasteiger partial charge in [-0.1, -0.05) is 12.2 Å². The third-order valence-corrected chi connectivity index (χ3v) is 6.99. The monoisotopic (exact) mass is 472 g/mol. The predicted molar refractivity (Wildman–Crippen MR) is 127 cm³/mol. The number of allylic oxidation sites excluding steroid dienone is 1. The number of esters is 1. The summed E-state index contributed by atoms with van der Waals surface area (Å²) in [5.74, 6) is -1.81. The number of likely N-dealkylation sites (tertiary alicyclic amines) is 2. The number of carbonyl (C=O) groups is 4. The molecule has 1 spiro atoms. The predicted octanol–water partition coefficient (Wildman–Crippen LogP) is 3.42. The Hall–Kier alpha value is -2.90. The summed E-state index contributed by atoms with van der Waals surface area (Å²) < 4.78 is 10.6. The fourth-order valence-electron chi connectivity index (χ4n) is 5.65. The Balaban J connectivity index is 2.07. The largest absolute Gasteiger partial charge is 0.466 e. The van der Waals surface area contributed by atoms with E-state index in [0.29, 0.717) is 19.5 Å². The highest BCUT2D eigenvalue weighted by molar-refractivity contribution is 6.10. The maximum atomic E-state index is 14.1. The molecule has 2 aliphatic heterocycles. The van der Waals surface area contributed by atoms with E-state index in [9.17, 15) is 19.2 Å². The van der Waals surface area contributed by atoms with Gasteiger partial charge in [0, 0.05) is 24.6 Å². The van der Waals surface area contributed by atoms with E-state index in [-0.39, 0.29) is 17.9 Å². The van der Waals surface area contributed by atoms with Gasteiger partial charge < -0.3 is 14.4 Å². The second kappa shape index (κ2) is 9.76. The van der Waals surface area contributed by atoms with Crippen LogP contribution < -0.4 is 0 Å². The molecule has 3 rings (SSSR count). The molecule has 8 heteroatoms. The number of nitrogens with zero attached hydrogens (tertiary/aromatic N) is 2. The Bertz CT molecular complexity index is 917. The Morgan fingerprint density at radius 2 is 1.94 bits per heavy atom.